The van der Waals surface area contributed by atoms with Crippen LogP contribution in [0.2, 0.25) is 5.02 Å². The molecule has 0 saturated heterocycles. The lowest BCUT2D eigenvalue weighted by Gasteiger charge is -2.13. The molecule has 0 aliphatic heterocycles. The second kappa shape index (κ2) is 8.65. The number of hydrogen-bond donors (Lipinski definition) is 0. The summed E-state index contributed by atoms with van der Waals surface area (Å²) >= 11 is 6.07. The Morgan fingerprint density at radius 2 is 1.45 bits per heavy atom. The molecule has 150 valence electrons. The highest BCUT2D eigenvalue weighted by Crippen LogP contribution is 2.26. The fourth-order valence-corrected chi connectivity index (χ4v) is 3.52. The zero-order chi connectivity index (χ0) is 21.0. The summed E-state index contributed by atoms with van der Waals surface area (Å²) in [5.74, 6) is 0.769. The Kier molecular flexibility index (Phi) is 6.22. The Balaban J connectivity index is 1.76. The SMILES string of the molecule is CN(C)S(=O)(=O)c1ccc(Cl)c(C(=O)Oc2ccc(Oc3ccccc3)cc2)c1. The van der Waals surface area contributed by atoms with Gasteiger partial charge in [-0.05, 0) is 54.6 Å². The van der Waals surface area contributed by atoms with E-state index in [1.54, 1.807) is 24.3 Å². The largest absolute Gasteiger partial charge is 0.457 e. The van der Waals surface area contributed by atoms with Gasteiger partial charge in [0.05, 0.1) is 15.5 Å². The van der Waals surface area contributed by atoms with Crippen LogP contribution in [-0.2, 0) is 10.0 Å². The minimum Gasteiger partial charge on any atom is -0.457 e. The van der Waals surface area contributed by atoms with Crippen LogP contribution < -0.4 is 9.47 Å². The second-order valence-electron chi connectivity index (χ2n) is 6.21. The van der Waals surface area contributed by atoms with Gasteiger partial charge in [0.15, 0.2) is 0 Å². The number of hydrogen-bond acceptors (Lipinski definition) is 5. The molecular weight excluding hydrogens is 414 g/mol. The quantitative estimate of drug-likeness (QED) is 0.421. The third-order valence-corrected chi connectivity index (χ3v) is 6.09. The fourth-order valence-electron chi connectivity index (χ4n) is 2.39. The van der Waals surface area contributed by atoms with Crippen LogP contribution in [0.3, 0.4) is 0 Å². The van der Waals surface area contributed by atoms with E-state index in [1.807, 2.05) is 30.3 Å². The average Bonchev–Trinajstić information content (AvgIpc) is 2.70. The van der Waals surface area contributed by atoms with E-state index in [-0.39, 0.29) is 21.2 Å². The number of esters is 1. The van der Waals surface area contributed by atoms with Crippen molar-refractivity contribution in [2.75, 3.05) is 14.1 Å². The van der Waals surface area contributed by atoms with Gasteiger partial charge in [0.25, 0.3) is 0 Å². The molecule has 3 rings (SSSR count). The summed E-state index contributed by atoms with van der Waals surface area (Å²) in [6, 6.07) is 19.6. The van der Waals surface area contributed by atoms with Crippen molar-refractivity contribution in [1.29, 1.82) is 0 Å². The monoisotopic (exact) mass is 431 g/mol. The number of halogens is 1. The first-order valence-corrected chi connectivity index (χ1v) is 10.4. The van der Waals surface area contributed by atoms with Gasteiger partial charge in [0, 0.05) is 14.1 Å². The van der Waals surface area contributed by atoms with E-state index in [0.717, 1.165) is 4.31 Å². The molecule has 0 atom stereocenters. The van der Waals surface area contributed by atoms with Crippen molar-refractivity contribution in [3.8, 4) is 17.2 Å². The predicted octanol–water partition coefficient (Wildman–Crippen LogP) is 4.60. The lowest BCUT2D eigenvalue weighted by molar-refractivity contribution is 0.0734. The molecule has 0 aliphatic rings. The minimum atomic E-state index is -3.71. The molecule has 0 saturated carbocycles. The van der Waals surface area contributed by atoms with Gasteiger partial charge in [-0.3, -0.25) is 0 Å². The van der Waals surface area contributed by atoms with E-state index in [2.05, 4.69) is 0 Å². The summed E-state index contributed by atoms with van der Waals surface area (Å²) in [6.07, 6.45) is 0. The van der Waals surface area contributed by atoms with Crippen LogP contribution >= 0.6 is 11.6 Å². The van der Waals surface area contributed by atoms with Crippen LogP contribution in [0.5, 0.6) is 17.2 Å². The lowest BCUT2D eigenvalue weighted by atomic mass is 10.2. The van der Waals surface area contributed by atoms with E-state index >= 15 is 0 Å². The number of nitrogens with zero attached hydrogens (tertiary/aromatic N) is 1. The van der Waals surface area contributed by atoms with E-state index in [1.165, 1.54) is 32.3 Å². The Morgan fingerprint density at radius 3 is 2.07 bits per heavy atom. The number of benzene rings is 3. The number of carbonyl (C=O) groups is 1. The molecule has 0 N–H and O–H groups in total. The zero-order valence-electron chi connectivity index (χ0n) is 15.7. The van der Waals surface area contributed by atoms with Crippen molar-refractivity contribution in [2.45, 2.75) is 4.90 Å². The maximum Gasteiger partial charge on any atom is 0.345 e. The standard InChI is InChI=1S/C21H18ClNO5S/c1-23(2)29(25,26)18-12-13-20(22)19(14-18)21(24)28-17-10-8-16(9-11-17)27-15-6-4-3-5-7-15/h3-14H,1-2H3. The van der Waals surface area contributed by atoms with Crippen LogP contribution in [0.1, 0.15) is 10.4 Å². The minimum absolute atomic E-state index is 0.0424. The van der Waals surface area contributed by atoms with Crippen LogP contribution in [0, 0.1) is 0 Å². The molecule has 0 unspecified atom stereocenters. The number of carbonyl (C=O) groups excluding carboxylic acids is 1. The first-order valence-electron chi connectivity index (χ1n) is 8.54. The zero-order valence-corrected chi connectivity index (χ0v) is 17.3. The summed E-state index contributed by atoms with van der Waals surface area (Å²) in [6.45, 7) is 0. The van der Waals surface area contributed by atoms with Gasteiger partial charge in [-0.15, -0.1) is 0 Å². The van der Waals surface area contributed by atoms with Crippen LogP contribution in [-0.4, -0.2) is 32.8 Å². The predicted molar refractivity (Wildman–Crippen MR) is 110 cm³/mol. The summed E-state index contributed by atoms with van der Waals surface area (Å²) in [5, 5.41) is 0.0942. The lowest BCUT2D eigenvalue weighted by Crippen LogP contribution is -2.22. The first kappa shape index (κ1) is 20.9. The van der Waals surface area contributed by atoms with Gasteiger partial charge in [0.2, 0.25) is 10.0 Å². The number of ether oxygens (including phenoxy) is 2. The third-order valence-electron chi connectivity index (χ3n) is 3.95. The third kappa shape index (κ3) is 4.95. The van der Waals surface area contributed by atoms with Crippen LogP contribution in [0.25, 0.3) is 0 Å². The van der Waals surface area contributed by atoms with Gasteiger partial charge in [-0.2, -0.15) is 0 Å². The van der Waals surface area contributed by atoms with Gasteiger partial charge < -0.3 is 9.47 Å². The number of sulfonamides is 1. The molecule has 8 heteroatoms. The molecule has 29 heavy (non-hydrogen) atoms. The van der Waals surface area contributed by atoms with Crippen molar-refractivity contribution >= 4 is 27.6 Å². The topological polar surface area (TPSA) is 72.9 Å². The Bertz CT molecular complexity index is 1110. The van der Waals surface area contributed by atoms with E-state index in [9.17, 15) is 13.2 Å². The molecule has 0 amide bonds. The molecule has 3 aromatic carbocycles. The van der Waals surface area contributed by atoms with Gasteiger partial charge >= 0.3 is 5.97 Å². The van der Waals surface area contributed by atoms with Crippen molar-refractivity contribution in [3.63, 3.8) is 0 Å². The highest BCUT2D eigenvalue weighted by atomic mass is 35.5. The highest BCUT2D eigenvalue weighted by molar-refractivity contribution is 7.89. The molecule has 0 aromatic heterocycles. The van der Waals surface area contributed by atoms with Crippen molar-refractivity contribution in [1.82, 2.24) is 4.31 Å². The molecular formula is C21H18ClNO5S. The molecule has 0 spiro atoms. The second-order valence-corrected chi connectivity index (χ2v) is 8.76. The summed E-state index contributed by atoms with van der Waals surface area (Å²) in [5.41, 5.74) is -0.0424. The Hall–Kier alpha value is -2.87. The van der Waals surface area contributed by atoms with Gasteiger partial charge in [-0.1, -0.05) is 29.8 Å². The maximum atomic E-state index is 12.5. The fraction of sp³-hybridized carbons (Fsp3) is 0.0952. The molecule has 6 nitrogen and oxygen atoms in total. The first-order chi connectivity index (χ1) is 13.8. The van der Waals surface area contributed by atoms with Crippen LogP contribution in [0.15, 0.2) is 77.7 Å². The van der Waals surface area contributed by atoms with Crippen LogP contribution in [0.4, 0.5) is 0 Å². The number of rotatable bonds is 6. The summed E-state index contributed by atoms with van der Waals surface area (Å²) < 4.78 is 36.6. The maximum absolute atomic E-state index is 12.5. The summed E-state index contributed by atoms with van der Waals surface area (Å²) in [7, 11) is -0.900. The van der Waals surface area contributed by atoms with Crippen molar-refractivity contribution in [3.05, 3.63) is 83.4 Å². The van der Waals surface area contributed by atoms with Crippen molar-refractivity contribution in [2.24, 2.45) is 0 Å². The van der Waals surface area contributed by atoms with E-state index in [0.29, 0.717) is 11.5 Å². The van der Waals surface area contributed by atoms with E-state index in [4.69, 9.17) is 21.1 Å². The van der Waals surface area contributed by atoms with E-state index < -0.39 is 16.0 Å². The smallest absolute Gasteiger partial charge is 0.345 e. The molecule has 0 heterocycles. The molecule has 3 aromatic rings. The molecule has 0 bridgehead atoms. The molecule has 0 fully saturated rings. The van der Waals surface area contributed by atoms with Gasteiger partial charge in [0.1, 0.15) is 17.2 Å². The summed E-state index contributed by atoms with van der Waals surface area (Å²) in [4.78, 5) is 12.5. The van der Waals surface area contributed by atoms with Crippen molar-refractivity contribution < 1.29 is 22.7 Å². The Morgan fingerprint density at radius 1 is 0.862 bits per heavy atom. The van der Waals surface area contributed by atoms with Gasteiger partial charge in [-0.25, -0.2) is 17.5 Å². The Labute approximate surface area is 174 Å². The molecule has 0 aliphatic carbocycles. The normalized spacial score (nSPS) is 11.3. The average molecular weight is 432 g/mol. The molecule has 0 radical (unpaired) electrons. The number of para-hydroxylation sites is 1. The highest BCUT2D eigenvalue weighted by Gasteiger charge is 2.21.